The molecule has 2 nitrogen and oxygen atoms in total. The Hall–Kier alpha value is -0.580. The molecule has 1 unspecified atom stereocenters. The lowest BCUT2D eigenvalue weighted by Crippen LogP contribution is -2.29. The minimum atomic E-state index is -0.132. The molecule has 0 amide bonds. The van der Waals surface area contributed by atoms with Gasteiger partial charge in [0.1, 0.15) is 0 Å². The number of hydrazine groups is 1. The van der Waals surface area contributed by atoms with Crippen LogP contribution in [-0.4, -0.2) is 0 Å². The van der Waals surface area contributed by atoms with Gasteiger partial charge in [0.25, 0.3) is 0 Å². The van der Waals surface area contributed by atoms with Crippen molar-refractivity contribution in [1.29, 1.82) is 0 Å². The first-order valence-corrected chi connectivity index (χ1v) is 6.72. The van der Waals surface area contributed by atoms with Gasteiger partial charge >= 0.3 is 0 Å². The Morgan fingerprint density at radius 2 is 2.00 bits per heavy atom. The Bertz CT molecular complexity index is 525. The standard InChI is InChI=1S/C12H12Cl2N2S/c1-7-8(5-6-17-7)12(16-15)9-3-2-4-10(13)11(9)14/h2-6,12,16H,15H2,1H3. The van der Waals surface area contributed by atoms with E-state index < -0.39 is 0 Å². The summed E-state index contributed by atoms with van der Waals surface area (Å²) in [6.45, 7) is 2.06. The summed E-state index contributed by atoms with van der Waals surface area (Å²) in [6, 6.07) is 7.47. The zero-order valence-electron chi connectivity index (χ0n) is 9.21. The summed E-state index contributed by atoms with van der Waals surface area (Å²) in [4.78, 5) is 1.21. The monoisotopic (exact) mass is 286 g/mol. The molecule has 0 radical (unpaired) electrons. The van der Waals surface area contributed by atoms with Crippen molar-refractivity contribution in [2.45, 2.75) is 13.0 Å². The zero-order valence-corrected chi connectivity index (χ0v) is 11.5. The zero-order chi connectivity index (χ0) is 12.4. The molecule has 1 heterocycles. The molecule has 0 fully saturated rings. The fourth-order valence-electron chi connectivity index (χ4n) is 1.78. The van der Waals surface area contributed by atoms with E-state index in [1.54, 1.807) is 17.4 Å². The predicted octanol–water partition coefficient (Wildman–Crippen LogP) is 3.92. The van der Waals surface area contributed by atoms with Gasteiger partial charge in [0.15, 0.2) is 0 Å². The molecule has 2 aromatic rings. The molecule has 2 rings (SSSR count). The average molecular weight is 287 g/mol. The van der Waals surface area contributed by atoms with Crippen LogP contribution in [0.2, 0.25) is 10.0 Å². The molecule has 90 valence electrons. The van der Waals surface area contributed by atoms with Crippen LogP contribution in [0.3, 0.4) is 0 Å². The fourth-order valence-corrected chi connectivity index (χ4v) is 2.94. The molecular weight excluding hydrogens is 275 g/mol. The third-order valence-electron chi connectivity index (χ3n) is 2.67. The minimum Gasteiger partial charge on any atom is -0.271 e. The first-order chi connectivity index (χ1) is 8.15. The van der Waals surface area contributed by atoms with Crippen LogP contribution < -0.4 is 11.3 Å². The van der Waals surface area contributed by atoms with Gasteiger partial charge in [0, 0.05) is 4.88 Å². The molecule has 0 bridgehead atoms. The van der Waals surface area contributed by atoms with Gasteiger partial charge in [0.2, 0.25) is 0 Å². The van der Waals surface area contributed by atoms with Gasteiger partial charge in [-0.25, -0.2) is 5.43 Å². The summed E-state index contributed by atoms with van der Waals surface area (Å²) in [6.07, 6.45) is 0. The van der Waals surface area contributed by atoms with E-state index in [1.165, 1.54) is 4.88 Å². The molecule has 1 aromatic heterocycles. The van der Waals surface area contributed by atoms with Crippen molar-refractivity contribution in [2.24, 2.45) is 5.84 Å². The van der Waals surface area contributed by atoms with Gasteiger partial charge in [-0.3, -0.25) is 5.84 Å². The molecule has 1 atom stereocenters. The van der Waals surface area contributed by atoms with Crippen molar-refractivity contribution in [2.75, 3.05) is 0 Å². The maximum Gasteiger partial charge on any atom is 0.0735 e. The molecule has 0 saturated carbocycles. The lowest BCUT2D eigenvalue weighted by Gasteiger charge is -2.18. The third-order valence-corrected chi connectivity index (χ3v) is 4.36. The second kappa shape index (κ2) is 5.38. The third kappa shape index (κ3) is 2.49. The highest BCUT2D eigenvalue weighted by atomic mass is 35.5. The number of hydrogen-bond donors (Lipinski definition) is 2. The molecule has 3 N–H and O–H groups in total. The predicted molar refractivity (Wildman–Crippen MR) is 74.7 cm³/mol. The number of thiophene rings is 1. The van der Waals surface area contributed by atoms with E-state index in [1.807, 2.05) is 23.6 Å². The molecule has 0 aliphatic heterocycles. The van der Waals surface area contributed by atoms with E-state index >= 15 is 0 Å². The van der Waals surface area contributed by atoms with Crippen LogP contribution in [0.25, 0.3) is 0 Å². The summed E-state index contributed by atoms with van der Waals surface area (Å²) < 4.78 is 0. The van der Waals surface area contributed by atoms with E-state index in [-0.39, 0.29) is 6.04 Å². The van der Waals surface area contributed by atoms with Crippen molar-refractivity contribution in [3.63, 3.8) is 0 Å². The second-order valence-electron chi connectivity index (χ2n) is 3.67. The van der Waals surface area contributed by atoms with Gasteiger partial charge in [-0.05, 0) is 35.6 Å². The Morgan fingerprint density at radius 1 is 1.24 bits per heavy atom. The highest BCUT2D eigenvalue weighted by Gasteiger charge is 2.19. The molecule has 5 heteroatoms. The largest absolute Gasteiger partial charge is 0.271 e. The van der Waals surface area contributed by atoms with Crippen LogP contribution in [-0.2, 0) is 0 Å². The SMILES string of the molecule is Cc1sccc1C(NN)c1cccc(Cl)c1Cl. The number of rotatable bonds is 3. The molecule has 0 saturated heterocycles. The van der Waals surface area contributed by atoms with Gasteiger partial charge in [-0.2, -0.15) is 0 Å². The van der Waals surface area contributed by atoms with E-state index in [0.717, 1.165) is 11.1 Å². The minimum absolute atomic E-state index is 0.132. The first-order valence-electron chi connectivity index (χ1n) is 5.09. The summed E-state index contributed by atoms with van der Waals surface area (Å²) >= 11 is 13.9. The van der Waals surface area contributed by atoms with Crippen LogP contribution in [0, 0.1) is 6.92 Å². The number of hydrogen-bond acceptors (Lipinski definition) is 3. The fraction of sp³-hybridized carbons (Fsp3) is 0.167. The van der Waals surface area contributed by atoms with Crippen molar-refractivity contribution in [1.82, 2.24) is 5.43 Å². The summed E-state index contributed by atoms with van der Waals surface area (Å²) in [5, 5.41) is 3.12. The summed E-state index contributed by atoms with van der Waals surface area (Å²) in [7, 11) is 0. The molecule has 0 aliphatic carbocycles. The normalized spacial score (nSPS) is 12.7. The van der Waals surface area contributed by atoms with Crippen molar-refractivity contribution >= 4 is 34.5 Å². The Balaban J connectivity index is 2.50. The summed E-state index contributed by atoms with van der Waals surface area (Å²) in [5.74, 6) is 5.64. The molecule has 0 spiro atoms. The number of nitrogens with one attached hydrogen (secondary N) is 1. The topological polar surface area (TPSA) is 38.0 Å². The van der Waals surface area contributed by atoms with Crippen LogP contribution in [0.5, 0.6) is 0 Å². The quantitative estimate of drug-likeness (QED) is 0.663. The molecular formula is C12H12Cl2N2S. The van der Waals surface area contributed by atoms with Crippen LogP contribution >= 0.6 is 34.5 Å². The van der Waals surface area contributed by atoms with Crippen LogP contribution in [0.15, 0.2) is 29.6 Å². The number of halogens is 2. The van der Waals surface area contributed by atoms with E-state index in [0.29, 0.717) is 10.0 Å². The van der Waals surface area contributed by atoms with E-state index in [2.05, 4.69) is 12.3 Å². The molecule has 17 heavy (non-hydrogen) atoms. The lowest BCUT2D eigenvalue weighted by molar-refractivity contribution is 0.636. The first kappa shape index (κ1) is 12.9. The smallest absolute Gasteiger partial charge is 0.0735 e. The van der Waals surface area contributed by atoms with Gasteiger partial charge in [0.05, 0.1) is 16.1 Å². The maximum absolute atomic E-state index is 6.21. The Labute approximate surface area is 114 Å². The van der Waals surface area contributed by atoms with Crippen LogP contribution in [0.4, 0.5) is 0 Å². The Kier molecular flexibility index (Phi) is 4.07. The highest BCUT2D eigenvalue weighted by molar-refractivity contribution is 7.10. The second-order valence-corrected chi connectivity index (χ2v) is 5.58. The van der Waals surface area contributed by atoms with Gasteiger partial charge in [-0.15, -0.1) is 11.3 Å². The summed E-state index contributed by atoms with van der Waals surface area (Å²) in [5.41, 5.74) is 4.81. The lowest BCUT2D eigenvalue weighted by atomic mass is 10.00. The van der Waals surface area contributed by atoms with E-state index in [9.17, 15) is 0 Å². The van der Waals surface area contributed by atoms with Gasteiger partial charge < -0.3 is 0 Å². The van der Waals surface area contributed by atoms with Crippen LogP contribution in [0.1, 0.15) is 22.0 Å². The van der Waals surface area contributed by atoms with Crippen molar-refractivity contribution in [3.8, 4) is 0 Å². The van der Waals surface area contributed by atoms with Gasteiger partial charge in [-0.1, -0.05) is 35.3 Å². The number of nitrogens with two attached hydrogens (primary N) is 1. The van der Waals surface area contributed by atoms with E-state index in [4.69, 9.17) is 29.0 Å². The van der Waals surface area contributed by atoms with Crippen molar-refractivity contribution in [3.05, 3.63) is 55.7 Å². The molecule has 1 aromatic carbocycles. The number of aryl methyl sites for hydroxylation is 1. The average Bonchev–Trinajstić information content (AvgIpc) is 2.72. The van der Waals surface area contributed by atoms with Crippen molar-refractivity contribution < 1.29 is 0 Å². The number of benzene rings is 1. The highest BCUT2D eigenvalue weighted by Crippen LogP contribution is 2.34. The Morgan fingerprint density at radius 3 is 2.59 bits per heavy atom. The molecule has 0 aliphatic rings. The maximum atomic E-state index is 6.21.